The van der Waals surface area contributed by atoms with Crippen molar-refractivity contribution in [2.75, 3.05) is 0 Å². The summed E-state index contributed by atoms with van der Waals surface area (Å²) in [6.45, 7) is 3.63. The number of alkyl halides is 1. The van der Waals surface area contributed by atoms with Crippen molar-refractivity contribution in [2.24, 2.45) is 0 Å². The Morgan fingerprint density at radius 1 is 0.929 bits per heavy atom. The highest BCUT2D eigenvalue weighted by Crippen LogP contribution is 2.20. The standard InChI is InChI=1S/C9H8ClNO.C9H9NO2.Cl2OS/c1-6-11-9-7(5-10)3-2-4-8(9)12-6;1-6-10-9-7(5-11)3-2-4-8(9)12-6;1-4(2)3/h2-4H,5H2,1H3;2-4,11H,5H2,1H3;. The first-order valence-electron chi connectivity index (χ1n) is 7.96. The van der Waals surface area contributed by atoms with Crippen molar-refractivity contribution in [1.29, 1.82) is 0 Å². The van der Waals surface area contributed by atoms with Gasteiger partial charge in [-0.15, -0.1) is 11.6 Å². The first kappa shape index (κ1) is 22.6. The molecule has 0 unspecified atom stereocenters. The van der Waals surface area contributed by atoms with Gasteiger partial charge in [0.1, 0.15) is 11.0 Å². The van der Waals surface area contributed by atoms with Crippen LogP contribution in [-0.2, 0) is 21.7 Å². The van der Waals surface area contributed by atoms with Gasteiger partial charge in [0.15, 0.2) is 22.9 Å². The van der Waals surface area contributed by atoms with Gasteiger partial charge in [0.2, 0.25) is 9.23 Å². The fourth-order valence-corrected chi connectivity index (χ4v) is 2.68. The van der Waals surface area contributed by atoms with Gasteiger partial charge in [-0.05, 0) is 17.7 Å². The van der Waals surface area contributed by atoms with Gasteiger partial charge in [0.25, 0.3) is 0 Å². The number of fused-ring (bicyclic) bond motifs is 2. The number of aryl methyl sites for hydroxylation is 2. The number of rotatable bonds is 2. The van der Waals surface area contributed by atoms with E-state index in [-0.39, 0.29) is 6.61 Å². The summed E-state index contributed by atoms with van der Waals surface area (Å²) >= 11 is 5.73. The Labute approximate surface area is 177 Å². The van der Waals surface area contributed by atoms with Crippen LogP contribution in [0.1, 0.15) is 22.9 Å². The van der Waals surface area contributed by atoms with Gasteiger partial charge < -0.3 is 13.9 Å². The molecule has 0 aliphatic carbocycles. The molecule has 0 fully saturated rings. The van der Waals surface area contributed by atoms with Crippen LogP contribution in [-0.4, -0.2) is 19.3 Å². The highest BCUT2D eigenvalue weighted by molar-refractivity contribution is 8.26. The van der Waals surface area contributed by atoms with Crippen LogP contribution < -0.4 is 0 Å². The van der Waals surface area contributed by atoms with Crippen LogP contribution in [0.25, 0.3) is 22.2 Å². The fraction of sp³-hybridized carbons (Fsp3) is 0.222. The molecule has 6 nitrogen and oxygen atoms in total. The lowest BCUT2D eigenvalue weighted by Crippen LogP contribution is -1.83. The normalized spacial score (nSPS) is 10.5. The number of benzene rings is 2. The van der Waals surface area contributed by atoms with Crippen LogP contribution in [0.5, 0.6) is 0 Å². The van der Waals surface area contributed by atoms with Crippen molar-refractivity contribution in [1.82, 2.24) is 9.97 Å². The Balaban J connectivity index is 0.000000169. The van der Waals surface area contributed by atoms with E-state index in [1.165, 1.54) is 0 Å². The Morgan fingerprint density at radius 2 is 1.36 bits per heavy atom. The van der Waals surface area contributed by atoms with Crippen molar-refractivity contribution >= 4 is 64.4 Å². The Kier molecular flexibility index (Phi) is 8.72. The molecule has 2 aromatic carbocycles. The van der Waals surface area contributed by atoms with E-state index in [0.717, 1.165) is 33.3 Å². The summed E-state index contributed by atoms with van der Waals surface area (Å²) in [5.74, 6) is 1.79. The zero-order valence-electron chi connectivity index (χ0n) is 15.0. The van der Waals surface area contributed by atoms with Crippen LogP contribution in [0.15, 0.2) is 45.2 Å². The lowest BCUT2D eigenvalue weighted by atomic mass is 10.2. The molecule has 0 radical (unpaired) electrons. The molecule has 0 aliphatic heterocycles. The third-order valence-electron chi connectivity index (χ3n) is 3.53. The van der Waals surface area contributed by atoms with Gasteiger partial charge in [-0.3, -0.25) is 0 Å². The van der Waals surface area contributed by atoms with Crippen LogP contribution in [0.2, 0.25) is 0 Å². The lowest BCUT2D eigenvalue weighted by molar-refractivity contribution is 0.283. The number of hydrogen-bond acceptors (Lipinski definition) is 6. The van der Waals surface area contributed by atoms with Crippen LogP contribution in [0.3, 0.4) is 0 Å². The molecule has 2 heterocycles. The highest BCUT2D eigenvalue weighted by Gasteiger charge is 2.06. The monoisotopic (exact) mass is 462 g/mol. The third-order valence-corrected chi connectivity index (χ3v) is 3.82. The minimum absolute atomic E-state index is 0.00329. The number of oxazole rings is 2. The van der Waals surface area contributed by atoms with Gasteiger partial charge in [-0.1, -0.05) is 24.3 Å². The molecule has 1 N–H and O–H groups in total. The number of halogens is 3. The summed E-state index contributed by atoms with van der Waals surface area (Å²) in [5.41, 5.74) is 5.02. The largest absolute Gasteiger partial charge is 0.441 e. The van der Waals surface area contributed by atoms with Crippen molar-refractivity contribution in [3.8, 4) is 0 Å². The van der Waals surface area contributed by atoms with E-state index in [0.29, 0.717) is 17.7 Å². The lowest BCUT2D eigenvalue weighted by Gasteiger charge is -1.93. The second-order valence-electron chi connectivity index (χ2n) is 5.47. The molecule has 4 aromatic rings. The molecule has 4 rings (SSSR count). The molecule has 28 heavy (non-hydrogen) atoms. The average Bonchev–Trinajstić information content (AvgIpc) is 3.21. The Hall–Kier alpha value is -1.64. The van der Waals surface area contributed by atoms with Crippen LogP contribution >= 0.6 is 33.0 Å². The summed E-state index contributed by atoms with van der Waals surface area (Å²) < 4.78 is 19.7. The predicted octanol–water partition coefficient (Wildman–Crippen LogP) is 5.55. The summed E-state index contributed by atoms with van der Waals surface area (Å²) in [6, 6.07) is 11.3. The minimum Gasteiger partial charge on any atom is -0.441 e. The molecule has 0 saturated heterocycles. The first-order chi connectivity index (χ1) is 13.3. The van der Waals surface area contributed by atoms with Gasteiger partial charge >= 0.3 is 0 Å². The molecule has 150 valence electrons. The second kappa shape index (κ2) is 10.8. The van der Waals surface area contributed by atoms with E-state index in [1.807, 2.05) is 43.3 Å². The van der Waals surface area contributed by atoms with Gasteiger partial charge in [0.05, 0.1) is 6.61 Å². The SMILES string of the molecule is Cc1nc2c(CCl)cccc2o1.Cc1nc2c(CO)cccc2o1.O=S(Cl)Cl. The maximum Gasteiger partial charge on any atom is 0.211 e. The zero-order chi connectivity index (χ0) is 20.7. The first-order valence-corrected chi connectivity index (χ1v) is 11.3. The number of aromatic nitrogens is 2. The summed E-state index contributed by atoms with van der Waals surface area (Å²) in [4.78, 5) is 8.39. The average molecular weight is 464 g/mol. The summed E-state index contributed by atoms with van der Waals surface area (Å²) in [7, 11) is 7.36. The second-order valence-corrected chi connectivity index (χ2v) is 8.26. The van der Waals surface area contributed by atoms with Crippen molar-refractivity contribution in [3.05, 3.63) is 59.3 Å². The molecule has 0 amide bonds. The molecule has 0 aliphatic rings. The quantitative estimate of drug-likeness (QED) is 0.310. The number of hydrogen-bond donors (Lipinski definition) is 1. The number of aliphatic hydroxyl groups is 1. The molecule has 10 heteroatoms. The van der Waals surface area contributed by atoms with Crippen molar-refractivity contribution in [2.45, 2.75) is 26.3 Å². The van der Waals surface area contributed by atoms with Crippen molar-refractivity contribution in [3.63, 3.8) is 0 Å². The van der Waals surface area contributed by atoms with Crippen molar-refractivity contribution < 1.29 is 18.1 Å². The number of para-hydroxylation sites is 2. The minimum atomic E-state index is -1.67. The maximum absolute atomic E-state index is 9.09. The molecular weight excluding hydrogens is 447 g/mol. The van der Waals surface area contributed by atoms with Gasteiger partial charge in [-0.2, -0.15) is 0 Å². The molecular formula is C18H17Cl3N2O4S. The van der Waals surface area contributed by atoms with E-state index in [4.69, 9.17) is 29.8 Å². The van der Waals surface area contributed by atoms with E-state index in [9.17, 15) is 0 Å². The van der Waals surface area contributed by atoms with E-state index >= 15 is 0 Å². The molecule has 0 bridgehead atoms. The van der Waals surface area contributed by atoms with E-state index in [1.54, 1.807) is 6.92 Å². The summed E-state index contributed by atoms with van der Waals surface area (Å²) in [5, 5.41) is 8.96. The highest BCUT2D eigenvalue weighted by atomic mass is 36.0. The zero-order valence-corrected chi connectivity index (χ0v) is 18.1. The number of aliphatic hydroxyl groups excluding tert-OH is 1. The predicted molar refractivity (Wildman–Crippen MR) is 113 cm³/mol. The fourth-order valence-electron chi connectivity index (χ4n) is 2.47. The molecule has 0 saturated carbocycles. The molecule has 0 spiro atoms. The molecule has 0 atom stereocenters. The number of nitrogens with zero attached hydrogens (tertiary/aromatic N) is 2. The van der Waals surface area contributed by atoms with Gasteiger partial charge in [-0.25, -0.2) is 14.2 Å². The van der Waals surface area contributed by atoms with E-state index in [2.05, 4.69) is 31.3 Å². The van der Waals surface area contributed by atoms with Gasteiger partial charge in [0, 0.05) is 46.7 Å². The smallest absolute Gasteiger partial charge is 0.211 e. The maximum atomic E-state index is 9.09. The topological polar surface area (TPSA) is 89.4 Å². The van der Waals surface area contributed by atoms with Crippen LogP contribution in [0, 0.1) is 13.8 Å². The third kappa shape index (κ3) is 6.18. The summed E-state index contributed by atoms with van der Waals surface area (Å²) in [6.07, 6.45) is 0. The molecule has 2 aromatic heterocycles. The Morgan fingerprint density at radius 3 is 1.79 bits per heavy atom. The Bertz CT molecular complexity index is 997. The van der Waals surface area contributed by atoms with Crippen LogP contribution in [0.4, 0.5) is 0 Å². The van der Waals surface area contributed by atoms with E-state index < -0.39 is 9.23 Å².